The number of aryl methyl sites for hydroxylation is 2. The van der Waals surface area contributed by atoms with Gasteiger partial charge < -0.3 is 5.32 Å². The molecule has 0 fully saturated rings. The van der Waals surface area contributed by atoms with Crippen LogP contribution < -0.4 is 5.32 Å². The molecular formula is C18H19NS. The Morgan fingerprint density at radius 2 is 1.80 bits per heavy atom. The van der Waals surface area contributed by atoms with Crippen molar-refractivity contribution in [1.82, 2.24) is 5.32 Å². The quantitative estimate of drug-likeness (QED) is 0.725. The van der Waals surface area contributed by atoms with Crippen LogP contribution in [0.4, 0.5) is 0 Å². The van der Waals surface area contributed by atoms with Gasteiger partial charge in [-0.1, -0.05) is 42.0 Å². The highest BCUT2D eigenvalue weighted by molar-refractivity contribution is 7.17. The lowest BCUT2D eigenvalue weighted by Crippen LogP contribution is -2.18. The first-order valence-corrected chi connectivity index (χ1v) is 7.79. The summed E-state index contributed by atoms with van der Waals surface area (Å²) in [5.74, 6) is 0. The Hall–Kier alpha value is -1.64. The van der Waals surface area contributed by atoms with Gasteiger partial charge in [-0.05, 0) is 54.4 Å². The van der Waals surface area contributed by atoms with Crippen LogP contribution in [0.5, 0.6) is 0 Å². The van der Waals surface area contributed by atoms with Crippen LogP contribution in [0.15, 0.2) is 47.8 Å². The summed E-state index contributed by atoms with van der Waals surface area (Å²) in [6, 6.07) is 15.6. The monoisotopic (exact) mass is 281 g/mol. The maximum atomic E-state index is 3.49. The Balaban J connectivity index is 2.16. The van der Waals surface area contributed by atoms with Crippen molar-refractivity contribution in [2.75, 3.05) is 7.05 Å². The number of hydrogen-bond acceptors (Lipinski definition) is 2. The molecule has 3 aromatic rings. The van der Waals surface area contributed by atoms with Gasteiger partial charge in [-0.2, -0.15) is 0 Å². The summed E-state index contributed by atoms with van der Waals surface area (Å²) in [5.41, 5.74) is 5.40. The summed E-state index contributed by atoms with van der Waals surface area (Å²) in [7, 11) is 2.04. The molecule has 0 bridgehead atoms. The minimum atomic E-state index is 0.256. The molecule has 1 heterocycles. The van der Waals surface area contributed by atoms with Gasteiger partial charge >= 0.3 is 0 Å². The van der Waals surface area contributed by atoms with Crippen molar-refractivity contribution in [3.05, 3.63) is 70.1 Å². The van der Waals surface area contributed by atoms with Gasteiger partial charge in [-0.25, -0.2) is 0 Å². The van der Waals surface area contributed by atoms with E-state index in [0.717, 1.165) is 0 Å². The van der Waals surface area contributed by atoms with E-state index in [1.54, 1.807) is 0 Å². The fraction of sp³-hybridized carbons (Fsp3) is 0.222. The van der Waals surface area contributed by atoms with Crippen molar-refractivity contribution in [2.45, 2.75) is 19.9 Å². The van der Waals surface area contributed by atoms with E-state index in [1.165, 1.54) is 32.3 Å². The predicted octanol–water partition coefficient (Wildman–Crippen LogP) is 4.83. The number of nitrogens with one attached hydrogen (secondary N) is 1. The number of fused-ring (bicyclic) bond motifs is 1. The predicted molar refractivity (Wildman–Crippen MR) is 88.6 cm³/mol. The molecule has 2 aromatic carbocycles. The van der Waals surface area contributed by atoms with Gasteiger partial charge in [0.25, 0.3) is 0 Å². The highest BCUT2D eigenvalue weighted by Gasteiger charge is 2.17. The van der Waals surface area contributed by atoms with Gasteiger partial charge in [0, 0.05) is 4.70 Å². The molecule has 1 N–H and O–H groups in total. The second-order valence-electron chi connectivity index (χ2n) is 5.27. The van der Waals surface area contributed by atoms with Crippen LogP contribution in [0.2, 0.25) is 0 Å². The summed E-state index contributed by atoms with van der Waals surface area (Å²) in [6.45, 7) is 4.34. The molecule has 1 aromatic heterocycles. The summed E-state index contributed by atoms with van der Waals surface area (Å²) in [4.78, 5) is 0. The lowest BCUT2D eigenvalue weighted by Gasteiger charge is -2.19. The second-order valence-corrected chi connectivity index (χ2v) is 6.18. The minimum absolute atomic E-state index is 0.256. The molecule has 0 saturated carbocycles. The summed E-state index contributed by atoms with van der Waals surface area (Å²) >= 11 is 1.82. The summed E-state index contributed by atoms with van der Waals surface area (Å²) < 4.78 is 1.35. The van der Waals surface area contributed by atoms with Crippen molar-refractivity contribution in [1.29, 1.82) is 0 Å². The fourth-order valence-electron chi connectivity index (χ4n) is 2.77. The zero-order valence-electron chi connectivity index (χ0n) is 12.1. The first-order valence-electron chi connectivity index (χ1n) is 6.91. The van der Waals surface area contributed by atoms with Crippen molar-refractivity contribution < 1.29 is 0 Å². The molecular weight excluding hydrogens is 262 g/mol. The van der Waals surface area contributed by atoms with Gasteiger partial charge in [-0.15, -0.1) is 11.3 Å². The topological polar surface area (TPSA) is 12.0 Å². The maximum Gasteiger partial charge on any atom is 0.0591 e. The number of rotatable bonds is 3. The third kappa shape index (κ3) is 2.26. The number of hydrogen-bond donors (Lipinski definition) is 1. The molecule has 0 amide bonds. The van der Waals surface area contributed by atoms with Gasteiger partial charge in [0.05, 0.1) is 6.04 Å². The molecule has 3 rings (SSSR count). The van der Waals surface area contributed by atoms with Crippen molar-refractivity contribution in [3.63, 3.8) is 0 Å². The van der Waals surface area contributed by atoms with E-state index in [4.69, 9.17) is 0 Å². The first-order chi connectivity index (χ1) is 9.70. The fourth-order valence-corrected chi connectivity index (χ4v) is 3.76. The molecule has 1 unspecified atom stereocenters. The first kappa shape index (κ1) is 13.3. The molecule has 0 saturated heterocycles. The lowest BCUT2D eigenvalue weighted by molar-refractivity contribution is 0.694. The second kappa shape index (κ2) is 5.39. The average molecular weight is 281 g/mol. The smallest absolute Gasteiger partial charge is 0.0591 e. The van der Waals surface area contributed by atoms with E-state index in [-0.39, 0.29) is 6.04 Å². The van der Waals surface area contributed by atoms with E-state index >= 15 is 0 Å². The minimum Gasteiger partial charge on any atom is -0.309 e. The Labute approximate surface area is 124 Å². The van der Waals surface area contributed by atoms with Crippen LogP contribution >= 0.6 is 11.3 Å². The van der Waals surface area contributed by atoms with Crippen molar-refractivity contribution >= 4 is 21.4 Å². The van der Waals surface area contributed by atoms with Gasteiger partial charge in [0.1, 0.15) is 0 Å². The van der Waals surface area contributed by atoms with Crippen LogP contribution in [-0.4, -0.2) is 7.05 Å². The molecule has 0 aliphatic carbocycles. The van der Waals surface area contributed by atoms with Crippen LogP contribution in [0.1, 0.15) is 28.3 Å². The molecule has 1 nitrogen and oxygen atoms in total. The van der Waals surface area contributed by atoms with Crippen LogP contribution in [0.3, 0.4) is 0 Å². The third-order valence-electron chi connectivity index (χ3n) is 3.86. The Bertz CT molecular complexity index is 742. The largest absolute Gasteiger partial charge is 0.309 e. The molecule has 0 aliphatic heterocycles. The van der Waals surface area contributed by atoms with Crippen molar-refractivity contribution in [2.24, 2.45) is 0 Å². The molecule has 0 aliphatic rings. The Morgan fingerprint density at radius 3 is 2.60 bits per heavy atom. The number of thiophene rings is 1. The molecule has 0 radical (unpaired) electrons. The molecule has 1 atom stereocenters. The SMILES string of the molecule is CNC(c1cc(C)ccc1C)c1csc2ccccc12. The zero-order chi connectivity index (χ0) is 14.1. The summed E-state index contributed by atoms with van der Waals surface area (Å²) in [6.07, 6.45) is 0. The van der Waals surface area contributed by atoms with Crippen LogP contribution in [-0.2, 0) is 0 Å². The molecule has 0 spiro atoms. The highest BCUT2D eigenvalue weighted by Crippen LogP contribution is 2.34. The van der Waals surface area contributed by atoms with E-state index in [0.29, 0.717) is 0 Å². The van der Waals surface area contributed by atoms with Crippen LogP contribution in [0.25, 0.3) is 10.1 Å². The van der Waals surface area contributed by atoms with Crippen molar-refractivity contribution in [3.8, 4) is 0 Å². The molecule has 2 heteroatoms. The van der Waals surface area contributed by atoms with Crippen LogP contribution in [0, 0.1) is 13.8 Å². The molecule has 102 valence electrons. The third-order valence-corrected chi connectivity index (χ3v) is 4.84. The Kier molecular flexibility index (Phi) is 3.60. The van der Waals surface area contributed by atoms with E-state index in [9.17, 15) is 0 Å². The normalized spacial score (nSPS) is 12.8. The van der Waals surface area contributed by atoms with E-state index in [2.05, 4.69) is 67.0 Å². The summed E-state index contributed by atoms with van der Waals surface area (Å²) in [5, 5.41) is 7.13. The van der Waals surface area contributed by atoms with E-state index < -0.39 is 0 Å². The lowest BCUT2D eigenvalue weighted by atomic mass is 9.93. The average Bonchev–Trinajstić information content (AvgIpc) is 2.88. The highest BCUT2D eigenvalue weighted by atomic mass is 32.1. The van der Waals surface area contributed by atoms with Gasteiger partial charge in [-0.3, -0.25) is 0 Å². The Morgan fingerprint density at radius 1 is 1.00 bits per heavy atom. The van der Waals surface area contributed by atoms with E-state index in [1.807, 2.05) is 18.4 Å². The zero-order valence-corrected chi connectivity index (χ0v) is 12.9. The number of benzene rings is 2. The molecule has 20 heavy (non-hydrogen) atoms. The van der Waals surface area contributed by atoms with Gasteiger partial charge in [0.2, 0.25) is 0 Å². The maximum absolute atomic E-state index is 3.49. The standard InChI is InChI=1S/C18H19NS/c1-12-8-9-13(2)15(10-12)18(19-3)16-11-20-17-7-5-4-6-14(16)17/h4-11,18-19H,1-3H3. The van der Waals surface area contributed by atoms with Gasteiger partial charge in [0.15, 0.2) is 0 Å².